The lowest BCUT2D eigenvalue weighted by molar-refractivity contribution is 0.219. The van der Waals surface area contributed by atoms with E-state index in [-0.39, 0.29) is 0 Å². The maximum Gasteiger partial charge on any atom is 0.107 e. The third kappa shape index (κ3) is 2.94. The van der Waals surface area contributed by atoms with Crippen molar-refractivity contribution in [2.24, 2.45) is 0 Å². The molecule has 0 bridgehead atoms. The Hall–Kier alpha value is -0.710. The largest absolute Gasteiger partial charge is 0.384 e. The normalized spacial score (nSPS) is 12.5. The van der Waals surface area contributed by atoms with Gasteiger partial charge >= 0.3 is 0 Å². The summed E-state index contributed by atoms with van der Waals surface area (Å²) < 4.78 is 1.82. The second-order valence-electron chi connectivity index (χ2n) is 3.80. The van der Waals surface area contributed by atoms with Crippen LogP contribution in [-0.2, 0) is 0 Å². The molecule has 2 nitrogen and oxygen atoms in total. The zero-order valence-corrected chi connectivity index (χ0v) is 12.4. The van der Waals surface area contributed by atoms with Gasteiger partial charge in [-0.25, -0.2) is 0 Å². The van der Waals surface area contributed by atoms with E-state index in [1.807, 2.05) is 37.3 Å². The zero-order valence-electron chi connectivity index (χ0n) is 9.19. The van der Waals surface area contributed by atoms with Gasteiger partial charge in [0.1, 0.15) is 6.10 Å². The number of aromatic nitrogens is 1. The van der Waals surface area contributed by atoms with Crippen LogP contribution < -0.4 is 0 Å². The van der Waals surface area contributed by atoms with Crippen molar-refractivity contribution in [2.45, 2.75) is 13.0 Å². The van der Waals surface area contributed by atoms with Crippen molar-refractivity contribution >= 4 is 31.9 Å². The number of hydrogen-bond acceptors (Lipinski definition) is 2. The molecular weight excluding hydrogens is 346 g/mol. The van der Waals surface area contributed by atoms with E-state index in [9.17, 15) is 5.11 Å². The van der Waals surface area contributed by atoms with Crippen molar-refractivity contribution in [3.8, 4) is 0 Å². The van der Waals surface area contributed by atoms with Gasteiger partial charge in [0, 0.05) is 32.0 Å². The molecule has 1 aromatic heterocycles. The second kappa shape index (κ2) is 5.29. The monoisotopic (exact) mass is 355 g/mol. The highest BCUT2D eigenvalue weighted by Crippen LogP contribution is 2.30. The van der Waals surface area contributed by atoms with E-state index in [0.29, 0.717) is 0 Å². The highest BCUT2D eigenvalue weighted by atomic mass is 79.9. The van der Waals surface area contributed by atoms with E-state index in [2.05, 4.69) is 36.8 Å². The lowest BCUT2D eigenvalue weighted by Crippen LogP contribution is -2.01. The van der Waals surface area contributed by atoms with E-state index in [4.69, 9.17) is 0 Å². The van der Waals surface area contributed by atoms with Gasteiger partial charge in [0.25, 0.3) is 0 Å². The molecule has 1 N–H and O–H groups in total. The Labute approximate surface area is 117 Å². The summed E-state index contributed by atoms with van der Waals surface area (Å²) in [6.07, 6.45) is 1.03. The summed E-state index contributed by atoms with van der Waals surface area (Å²) in [6, 6.07) is 9.51. The molecule has 0 amide bonds. The number of aliphatic hydroxyl groups is 1. The number of nitrogens with zero attached hydrogens (tertiary/aromatic N) is 1. The van der Waals surface area contributed by atoms with Gasteiger partial charge in [-0.1, -0.05) is 37.9 Å². The molecule has 2 rings (SSSR count). The van der Waals surface area contributed by atoms with Gasteiger partial charge in [0.2, 0.25) is 0 Å². The third-order valence-corrected chi connectivity index (χ3v) is 3.72. The number of hydrogen-bond donors (Lipinski definition) is 1. The average molecular weight is 357 g/mol. The Morgan fingerprint density at radius 3 is 2.59 bits per heavy atom. The van der Waals surface area contributed by atoms with Crippen LogP contribution in [0.3, 0.4) is 0 Å². The molecule has 0 aliphatic heterocycles. The Morgan fingerprint density at radius 2 is 1.94 bits per heavy atom. The Kier molecular flexibility index (Phi) is 3.97. The zero-order chi connectivity index (χ0) is 12.4. The molecule has 1 heterocycles. The Morgan fingerprint density at radius 1 is 1.18 bits per heavy atom. The molecule has 0 aliphatic rings. The predicted molar refractivity (Wildman–Crippen MR) is 74.9 cm³/mol. The first kappa shape index (κ1) is 12.7. The van der Waals surface area contributed by atoms with Crippen LogP contribution >= 0.6 is 31.9 Å². The van der Waals surface area contributed by atoms with Gasteiger partial charge in [-0.15, -0.1) is 0 Å². The number of aliphatic hydroxyl groups excluding tert-OH is 1. The molecule has 88 valence electrons. The van der Waals surface area contributed by atoms with E-state index >= 15 is 0 Å². The van der Waals surface area contributed by atoms with Crippen LogP contribution in [-0.4, -0.2) is 10.1 Å². The fourth-order valence-corrected chi connectivity index (χ4v) is 2.39. The Balaban J connectivity index is 2.39. The first-order valence-electron chi connectivity index (χ1n) is 5.13. The van der Waals surface area contributed by atoms with Crippen LogP contribution in [0.5, 0.6) is 0 Å². The highest BCUT2D eigenvalue weighted by Gasteiger charge is 2.14. The van der Waals surface area contributed by atoms with Crippen LogP contribution in [0.15, 0.2) is 45.5 Å². The Bertz CT molecular complexity index is 525. The van der Waals surface area contributed by atoms with Crippen molar-refractivity contribution in [2.75, 3.05) is 0 Å². The van der Waals surface area contributed by atoms with Gasteiger partial charge in [0.05, 0.1) is 0 Å². The summed E-state index contributed by atoms with van der Waals surface area (Å²) in [7, 11) is 0. The lowest BCUT2D eigenvalue weighted by Gasteiger charge is -2.13. The fourth-order valence-electron chi connectivity index (χ4n) is 1.54. The minimum absolute atomic E-state index is 0.671. The number of rotatable bonds is 2. The molecule has 0 saturated heterocycles. The highest BCUT2D eigenvalue weighted by molar-refractivity contribution is 9.11. The van der Waals surface area contributed by atoms with Gasteiger partial charge in [0.15, 0.2) is 0 Å². The molecule has 4 heteroatoms. The number of aryl methyl sites for hydroxylation is 1. The summed E-state index contributed by atoms with van der Waals surface area (Å²) in [5, 5.41) is 10.3. The van der Waals surface area contributed by atoms with Crippen LogP contribution in [0.2, 0.25) is 0 Å². The van der Waals surface area contributed by atoms with Crippen molar-refractivity contribution < 1.29 is 5.11 Å². The first-order chi connectivity index (χ1) is 8.08. The van der Waals surface area contributed by atoms with E-state index in [1.165, 1.54) is 0 Å². The number of halogens is 2. The molecule has 1 atom stereocenters. The SMILES string of the molecule is Cc1ccc(C(O)c2cc(Br)ccc2Br)cn1. The average Bonchev–Trinajstić information content (AvgIpc) is 2.32. The number of pyridine rings is 1. The topological polar surface area (TPSA) is 33.1 Å². The molecule has 17 heavy (non-hydrogen) atoms. The molecule has 0 fully saturated rings. The van der Waals surface area contributed by atoms with Crippen LogP contribution in [0.25, 0.3) is 0 Å². The molecule has 2 aromatic rings. The van der Waals surface area contributed by atoms with E-state index in [1.54, 1.807) is 6.20 Å². The minimum Gasteiger partial charge on any atom is -0.384 e. The summed E-state index contributed by atoms with van der Waals surface area (Å²) in [4.78, 5) is 4.19. The molecule has 0 radical (unpaired) electrons. The quantitative estimate of drug-likeness (QED) is 0.882. The van der Waals surface area contributed by atoms with Crippen molar-refractivity contribution in [3.63, 3.8) is 0 Å². The third-order valence-electron chi connectivity index (χ3n) is 2.50. The fraction of sp³-hybridized carbons (Fsp3) is 0.154. The molecule has 1 aromatic carbocycles. The molecular formula is C13H11Br2NO. The van der Waals surface area contributed by atoms with Crippen molar-refractivity contribution in [1.82, 2.24) is 4.98 Å². The molecule has 0 aliphatic carbocycles. The van der Waals surface area contributed by atoms with Gasteiger partial charge in [-0.3, -0.25) is 4.98 Å². The van der Waals surface area contributed by atoms with Crippen LogP contribution in [0.1, 0.15) is 22.9 Å². The maximum atomic E-state index is 10.3. The molecule has 1 unspecified atom stereocenters. The summed E-state index contributed by atoms with van der Waals surface area (Å²) in [5.74, 6) is 0. The summed E-state index contributed by atoms with van der Waals surface area (Å²) >= 11 is 6.84. The van der Waals surface area contributed by atoms with Gasteiger partial charge in [-0.05, 0) is 31.2 Å². The molecule has 0 saturated carbocycles. The smallest absolute Gasteiger partial charge is 0.107 e. The first-order valence-corrected chi connectivity index (χ1v) is 6.72. The van der Waals surface area contributed by atoms with E-state index < -0.39 is 6.10 Å². The van der Waals surface area contributed by atoms with Crippen LogP contribution in [0.4, 0.5) is 0 Å². The molecule has 0 spiro atoms. The van der Waals surface area contributed by atoms with Crippen LogP contribution in [0, 0.1) is 6.92 Å². The lowest BCUT2D eigenvalue weighted by atomic mass is 10.0. The predicted octanol–water partition coefficient (Wildman–Crippen LogP) is 4.00. The summed E-state index contributed by atoms with van der Waals surface area (Å²) in [5.41, 5.74) is 2.55. The van der Waals surface area contributed by atoms with Gasteiger partial charge < -0.3 is 5.11 Å². The maximum absolute atomic E-state index is 10.3. The minimum atomic E-state index is -0.671. The van der Waals surface area contributed by atoms with Crippen molar-refractivity contribution in [1.29, 1.82) is 0 Å². The second-order valence-corrected chi connectivity index (χ2v) is 5.57. The summed E-state index contributed by atoms with van der Waals surface area (Å²) in [6.45, 7) is 1.92. The van der Waals surface area contributed by atoms with E-state index in [0.717, 1.165) is 25.8 Å². The van der Waals surface area contributed by atoms with Gasteiger partial charge in [-0.2, -0.15) is 0 Å². The number of benzene rings is 1. The standard InChI is InChI=1S/C13H11Br2NO/c1-8-2-3-9(7-16-8)13(17)11-6-10(14)4-5-12(11)15/h2-7,13,17H,1H3. The van der Waals surface area contributed by atoms with Crippen molar-refractivity contribution in [3.05, 3.63) is 62.3 Å².